The number of hydrazone groups is 1. The molecule has 2 aromatic carbocycles. The summed E-state index contributed by atoms with van der Waals surface area (Å²) in [5.74, 6) is -0.316. The highest BCUT2D eigenvalue weighted by molar-refractivity contribution is 6.30. The van der Waals surface area contributed by atoms with Crippen LogP contribution in [-0.4, -0.2) is 28.3 Å². The lowest BCUT2D eigenvalue weighted by atomic mass is 10.2. The zero-order valence-corrected chi connectivity index (χ0v) is 13.8. The van der Waals surface area contributed by atoms with Gasteiger partial charge in [0.15, 0.2) is 6.10 Å². The predicted molar refractivity (Wildman–Crippen MR) is 92.0 cm³/mol. The third-order valence-corrected chi connectivity index (χ3v) is 3.31. The highest BCUT2D eigenvalue weighted by Crippen LogP contribution is 2.21. The van der Waals surface area contributed by atoms with Crippen LogP contribution in [-0.2, 0) is 4.79 Å². The Hall–Kier alpha value is -3.13. The number of ether oxygens (including phenoxy) is 1. The molecule has 0 bridgehead atoms. The molecule has 8 nitrogen and oxygen atoms in total. The van der Waals surface area contributed by atoms with Gasteiger partial charge in [-0.25, -0.2) is 5.43 Å². The van der Waals surface area contributed by atoms with Gasteiger partial charge in [0.05, 0.1) is 11.1 Å². The number of aromatic hydroxyl groups is 1. The van der Waals surface area contributed by atoms with Crippen molar-refractivity contribution in [3.63, 3.8) is 0 Å². The molecular formula is C16H14ClN3O5. The van der Waals surface area contributed by atoms with Gasteiger partial charge < -0.3 is 9.84 Å². The number of non-ortho nitro benzene ring substituents is 1. The van der Waals surface area contributed by atoms with Crippen molar-refractivity contribution in [1.29, 1.82) is 0 Å². The van der Waals surface area contributed by atoms with Crippen molar-refractivity contribution in [2.24, 2.45) is 5.10 Å². The topological polar surface area (TPSA) is 114 Å². The van der Waals surface area contributed by atoms with Crippen molar-refractivity contribution in [2.75, 3.05) is 0 Å². The molecule has 0 saturated carbocycles. The lowest BCUT2D eigenvalue weighted by Crippen LogP contribution is -2.33. The van der Waals surface area contributed by atoms with Gasteiger partial charge in [-0.1, -0.05) is 17.7 Å². The summed E-state index contributed by atoms with van der Waals surface area (Å²) < 4.78 is 5.42. The lowest BCUT2D eigenvalue weighted by molar-refractivity contribution is -0.384. The SMILES string of the molecule is CC(Oc1cccc(Cl)c1)C(=O)NN=Cc1cc([N+](=O)[O-])ccc1O. The summed E-state index contributed by atoms with van der Waals surface area (Å²) in [5.41, 5.74) is 2.12. The minimum absolute atomic E-state index is 0.0953. The molecule has 0 radical (unpaired) electrons. The smallest absolute Gasteiger partial charge is 0.280 e. The molecule has 0 heterocycles. The van der Waals surface area contributed by atoms with Crippen molar-refractivity contribution in [3.8, 4) is 11.5 Å². The molecule has 0 spiro atoms. The second kappa shape index (κ2) is 8.11. The number of hydrogen-bond acceptors (Lipinski definition) is 6. The average molecular weight is 364 g/mol. The van der Waals surface area contributed by atoms with Gasteiger partial charge >= 0.3 is 0 Å². The Labute approximate surface area is 147 Å². The van der Waals surface area contributed by atoms with Crippen LogP contribution in [0.2, 0.25) is 5.02 Å². The van der Waals surface area contributed by atoms with Crippen LogP contribution in [0, 0.1) is 10.1 Å². The molecule has 0 saturated heterocycles. The maximum atomic E-state index is 11.9. The van der Waals surface area contributed by atoms with Gasteiger partial charge in [-0.2, -0.15) is 5.10 Å². The summed E-state index contributed by atoms with van der Waals surface area (Å²) in [6.07, 6.45) is 0.251. The van der Waals surface area contributed by atoms with Gasteiger partial charge in [0.1, 0.15) is 11.5 Å². The standard InChI is InChI=1S/C16H14ClN3O5/c1-10(25-14-4-2-3-12(17)8-14)16(22)19-18-9-11-7-13(20(23)24)5-6-15(11)21/h2-10,21H,1H3,(H,19,22). The Balaban J connectivity index is 1.98. The summed E-state index contributed by atoms with van der Waals surface area (Å²) in [4.78, 5) is 22.0. The number of nitrogens with one attached hydrogen (secondary N) is 1. The summed E-state index contributed by atoms with van der Waals surface area (Å²) in [6, 6.07) is 10.0. The molecule has 9 heteroatoms. The fourth-order valence-corrected chi connectivity index (χ4v) is 1.99. The number of rotatable bonds is 6. The molecule has 130 valence electrons. The molecule has 2 N–H and O–H groups in total. The molecule has 0 aliphatic rings. The largest absolute Gasteiger partial charge is 0.507 e. The number of phenols is 1. The first-order valence-electron chi connectivity index (χ1n) is 7.09. The molecule has 0 aliphatic carbocycles. The number of nitro benzene ring substituents is 1. The maximum Gasteiger partial charge on any atom is 0.280 e. The fourth-order valence-electron chi connectivity index (χ4n) is 1.81. The number of halogens is 1. The third kappa shape index (κ3) is 5.18. The average Bonchev–Trinajstić information content (AvgIpc) is 2.56. The molecule has 1 unspecified atom stereocenters. The fraction of sp³-hybridized carbons (Fsp3) is 0.125. The number of amides is 1. The number of phenolic OH excluding ortho intramolecular Hbond substituents is 1. The lowest BCUT2D eigenvalue weighted by Gasteiger charge is -2.12. The van der Waals surface area contributed by atoms with Gasteiger partial charge in [-0.05, 0) is 31.2 Å². The van der Waals surface area contributed by atoms with E-state index in [0.29, 0.717) is 10.8 Å². The minimum atomic E-state index is -0.852. The molecule has 1 amide bonds. The van der Waals surface area contributed by atoms with Crippen molar-refractivity contribution in [3.05, 3.63) is 63.2 Å². The van der Waals surface area contributed by atoms with Crippen LogP contribution in [0.4, 0.5) is 5.69 Å². The normalized spacial score (nSPS) is 11.9. The van der Waals surface area contributed by atoms with E-state index in [9.17, 15) is 20.0 Å². The number of carbonyl (C=O) groups is 1. The Morgan fingerprint density at radius 2 is 2.16 bits per heavy atom. The second-order valence-corrected chi connectivity index (χ2v) is 5.39. The molecule has 0 aromatic heterocycles. The Morgan fingerprint density at radius 3 is 2.84 bits per heavy atom. The Morgan fingerprint density at radius 1 is 1.40 bits per heavy atom. The zero-order chi connectivity index (χ0) is 18.4. The molecule has 25 heavy (non-hydrogen) atoms. The van der Waals surface area contributed by atoms with Crippen molar-refractivity contribution >= 4 is 29.4 Å². The first kappa shape index (κ1) is 18.2. The molecule has 1 atom stereocenters. The monoisotopic (exact) mass is 363 g/mol. The molecule has 0 fully saturated rings. The van der Waals surface area contributed by atoms with Gasteiger partial charge in [0, 0.05) is 22.7 Å². The Kier molecular flexibility index (Phi) is 5.91. The van der Waals surface area contributed by atoms with E-state index in [2.05, 4.69) is 10.5 Å². The van der Waals surface area contributed by atoms with Crippen LogP contribution in [0.3, 0.4) is 0 Å². The highest BCUT2D eigenvalue weighted by atomic mass is 35.5. The van der Waals surface area contributed by atoms with Crippen LogP contribution < -0.4 is 10.2 Å². The quantitative estimate of drug-likeness (QED) is 0.465. The van der Waals surface area contributed by atoms with E-state index in [4.69, 9.17) is 16.3 Å². The van der Waals surface area contributed by atoms with Crippen LogP contribution >= 0.6 is 11.6 Å². The van der Waals surface area contributed by atoms with E-state index < -0.39 is 16.9 Å². The van der Waals surface area contributed by atoms with Gasteiger partial charge in [-0.3, -0.25) is 14.9 Å². The van der Waals surface area contributed by atoms with Crippen molar-refractivity contribution < 1.29 is 19.6 Å². The number of nitrogens with zero attached hydrogens (tertiary/aromatic N) is 2. The van der Waals surface area contributed by atoms with E-state index in [0.717, 1.165) is 18.3 Å². The molecule has 0 aliphatic heterocycles. The van der Waals surface area contributed by atoms with E-state index in [1.807, 2.05) is 0 Å². The molecular weight excluding hydrogens is 350 g/mol. The number of nitro groups is 1. The maximum absolute atomic E-state index is 11.9. The van der Waals surface area contributed by atoms with Crippen LogP contribution in [0.15, 0.2) is 47.6 Å². The summed E-state index contributed by atoms with van der Waals surface area (Å²) in [6.45, 7) is 1.52. The van der Waals surface area contributed by atoms with E-state index in [-0.39, 0.29) is 17.0 Å². The van der Waals surface area contributed by atoms with Crippen LogP contribution in [0.1, 0.15) is 12.5 Å². The molecule has 2 rings (SSSR count). The number of benzene rings is 2. The Bertz CT molecular complexity index is 825. The van der Waals surface area contributed by atoms with Crippen LogP contribution in [0.5, 0.6) is 11.5 Å². The summed E-state index contributed by atoms with van der Waals surface area (Å²) >= 11 is 5.83. The summed E-state index contributed by atoms with van der Waals surface area (Å²) in [5, 5.41) is 24.5. The first-order valence-corrected chi connectivity index (χ1v) is 7.47. The third-order valence-electron chi connectivity index (χ3n) is 3.08. The first-order chi connectivity index (χ1) is 11.9. The van der Waals surface area contributed by atoms with Crippen molar-refractivity contribution in [1.82, 2.24) is 5.43 Å². The predicted octanol–water partition coefficient (Wildman–Crippen LogP) is 2.87. The van der Waals surface area contributed by atoms with Gasteiger partial charge in [-0.15, -0.1) is 0 Å². The molecule has 2 aromatic rings. The second-order valence-electron chi connectivity index (χ2n) is 4.95. The van der Waals surface area contributed by atoms with Gasteiger partial charge in [0.2, 0.25) is 0 Å². The van der Waals surface area contributed by atoms with E-state index in [1.165, 1.54) is 13.0 Å². The minimum Gasteiger partial charge on any atom is -0.507 e. The van der Waals surface area contributed by atoms with E-state index >= 15 is 0 Å². The van der Waals surface area contributed by atoms with Gasteiger partial charge in [0.25, 0.3) is 11.6 Å². The zero-order valence-electron chi connectivity index (χ0n) is 13.0. The number of hydrogen-bond donors (Lipinski definition) is 2. The van der Waals surface area contributed by atoms with E-state index in [1.54, 1.807) is 24.3 Å². The number of carbonyl (C=O) groups excluding carboxylic acids is 1. The van der Waals surface area contributed by atoms with Crippen molar-refractivity contribution in [2.45, 2.75) is 13.0 Å². The van der Waals surface area contributed by atoms with Crippen LogP contribution in [0.25, 0.3) is 0 Å². The highest BCUT2D eigenvalue weighted by Gasteiger charge is 2.14. The summed E-state index contributed by atoms with van der Waals surface area (Å²) in [7, 11) is 0.